The van der Waals surface area contributed by atoms with Gasteiger partial charge in [-0.15, -0.1) is 0 Å². The van der Waals surface area contributed by atoms with Crippen molar-refractivity contribution >= 4 is 15.7 Å². The standard InChI is InChI=1S/C15H18N2O3S/c1-3-21(18,19)17(12-13-6-5-9-16-11-13)14-7-4-8-15(10-14)20-2/h4-11H,3,12H2,1-2H3. The lowest BCUT2D eigenvalue weighted by molar-refractivity contribution is 0.415. The van der Waals surface area contributed by atoms with Crippen molar-refractivity contribution in [2.45, 2.75) is 13.5 Å². The molecule has 5 nitrogen and oxygen atoms in total. The molecule has 0 atom stereocenters. The highest BCUT2D eigenvalue weighted by atomic mass is 32.2. The van der Waals surface area contributed by atoms with Crippen LogP contribution in [0.5, 0.6) is 5.75 Å². The van der Waals surface area contributed by atoms with Crippen molar-refractivity contribution in [1.82, 2.24) is 4.98 Å². The first kappa shape index (κ1) is 15.3. The Kier molecular flexibility index (Phi) is 4.80. The molecular formula is C15H18N2O3S. The van der Waals surface area contributed by atoms with E-state index in [-0.39, 0.29) is 12.3 Å². The van der Waals surface area contributed by atoms with Gasteiger partial charge in [0, 0.05) is 18.5 Å². The number of benzene rings is 1. The van der Waals surface area contributed by atoms with E-state index in [2.05, 4.69) is 4.98 Å². The summed E-state index contributed by atoms with van der Waals surface area (Å²) in [5, 5.41) is 0. The predicted octanol–water partition coefficient (Wildman–Crippen LogP) is 2.45. The van der Waals surface area contributed by atoms with Crippen LogP contribution < -0.4 is 9.04 Å². The van der Waals surface area contributed by atoms with Crippen LogP contribution in [-0.2, 0) is 16.6 Å². The molecule has 0 saturated heterocycles. The van der Waals surface area contributed by atoms with E-state index in [0.717, 1.165) is 5.56 Å². The summed E-state index contributed by atoms with van der Waals surface area (Å²) in [4.78, 5) is 4.03. The molecule has 0 saturated carbocycles. The lowest BCUT2D eigenvalue weighted by Gasteiger charge is -2.24. The summed E-state index contributed by atoms with van der Waals surface area (Å²) in [6, 6.07) is 10.7. The monoisotopic (exact) mass is 306 g/mol. The SMILES string of the molecule is CCS(=O)(=O)N(Cc1cccnc1)c1cccc(OC)c1. The maximum Gasteiger partial charge on any atom is 0.235 e. The van der Waals surface area contributed by atoms with Crippen molar-refractivity contribution in [1.29, 1.82) is 0 Å². The van der Waals surface area contributed by atoms with Crippen molar-refractivity contribution in [3.8, 4) is 5.75 Å². The summed E-state index contributed by atoms with van der Waals surface area (Å²) < 4.78 is 31.3. The molecule has 0 fully saturated rings. The molecule has 1 aromatic heterocycles. The van der Waals surface area contributed by atoms with Gasteiger partial charge < -0.3 is 4.74 Å². The van der Waals surface area contributed by atoms with Crippen LogP contribution in [0.1, 0.15) is 12.5 Å². The van der Waals surface area contributed by atoms with Crippen molar-refractivity contribution < 1.29 is 13.2 Å². The molecule has 0 spiro atoms. The maximum absolute atomic E-state index is 12.4. The number of anilines is 1. The second kappa shape index (κ2) is 6.58. The third kappa shape index (κ3) is 3.72. The largest absolute Gasteiger partial charge is 0.497 e. The minimum atomic E-state index is -3.39. The van der Waals surface area contributed by atoms with E-state index >= 15 is 0 Å². The molecule has 2 aromatic rings. The zero-order valence-electron chi connectivity index (χ0n) is 12.1. The average molecular weight is 306 g/mol. The summed E-state index contributed by atoms with van der Waals surface area (Å²) >= 11 is 0. The van der Waals surface area contributed by atoms with Crippen LogP contribution in [0.3, 0.4) is 0 Å². The van der Waals surface area contributed by atoms with Gasteiger partial charge in [-0.25, -0.2) is 8.42 Å². The highest BCUT2D eigenvalue weighted by Gasteiger charge is 2.21. The molecule has 0 amide bonds. The van der Waals surface area contributed by atoms with E-state index in [1.54, 1.807) is 56.8 Å². The van der Waals surface area contributed by atoms with E-state index in [4.69, 9.17) is 4.74 Å². The number of nitrogens with zero attached hydrogens (tertiary/aromatic N) is 2. The smallest absolute Gasteiger partial charge is 0.235 e. The van der Waals surface area contributed by atoms with E-state index in [9.17, 15) is 8.42 Å². The Morgan fingerprint density at radius 1 is 1.24 bits per heavy atom. The van der Waals surface area contributed by atoms with Crippen molar-refractivity contribution in [2.75, 3.05) is 17.2 Å². The Bertz CT molecular complexity index is 687. The highest BCUT2D eigenvalue weighted by molar-refractivity contribution is 7.92. The van der Waals surface area contributed by atoms with Crippen molar-refractivity contribution in [2.24, 2.45) is 0 Å². The molecule has 112 valence electrons. The van der Waals surface area contributed by atoms with Crippen LogP contribution in [0.2, 0.25) is 0 Å². The molecule has 0 radical (unpaired) electrons. The van der Waals surface area contributed by atoms with Crippen LogP contribution in [0.4, 0.5) is 5.69 Å². The maximum atomic E-state index is 12.4. The predicted molar refractivity (Wildman–Crippen MR) is 82.9 cm³/mol. The summed E-state index contributed by atoms with van der Waals surface area (Å²) in [6.45, 7) is 1.88. The molecule has 0 unspecified atom stereocenters. The van der Waals surface area contributed by atoms with Crippen LogP contribution in [0.25, 0.3) is 0 Å². The molecule has 0 aliphatic rings. The van der Waals surface area contributed by atoms with Gasteiger partial charge in [-0.1, -0.05) is 12.1 Å². The van der Waals surface area contributed by atoms with Gasteiger partial charge >= 0.3 is 0 Å². The van der Waals surface area contributed by atoms with Crippen molar-refractivity contribution in [3.05, 3.63) is 54.4 Å². The van der Waals surface area contributed by atoms with E-state index < -0.39 is 10.0 Å². The number of aromatic nitrogens is 1. The molecule has 2 rings (SSSR count). The van der Waals surface area contributed by atoms with Gasteiger partial charge in [-0.3, -0.25) is 9.29 Å². The molecule has 1 heterocycles. The first-order valence-corrected chi connectivity index (χ1v) is 8.21. The minimum absolute atomic E-state index is 0.0322. The van der Waals surface area contributed by atoms with E-state index in [1.807, 2.05) is 6.07 Å². The summed E-state index contributed by atoms with van der Waals surface area (Å²) in [5.41, 5.74) is 1.41. The Labute approximate surface area is 125 Å². The second-order valence-corrected chi connectivity index (χ2v) is 6.65. The quantitative estimate of drug-likeness (QED) is 0.822. The average Bonchev–Trinajstić information content (AvgIpc) is 2.53. The number of rotatable bonds is 6. The summed E-state index contributed by atoms with van der Waals surface area (Å²) in [5.74, 6) is 0.653. The van der Waals surface area contributed by atoms with Crippen LogP contribution in [-0.4, -0.2) is 26.3 Å². The number of pyridine rings is 1. The third-order valence-electron chi connectivity index (χ3n) is 3.09. The number of methoxy groups -OCH3 is 1. The molecule has 0 N–H and O–H groups in total. The van der Waals surface area contributed by atoms with E-state index in [0.29, 0.717) is 11.4 Å². The lowest BCUT2D eigenvalue weighted by Crippen LogP contribution is -2.31. The topological polar surface area (TPSA) is 59.5 Å². The molecule has 0 bridgehead atoms. The normalized spacial score (nSPS) is 11.1. The fourth-order valence-electron chi connectivity index (χ4n) is 1.93. The van der Waals surface area contributed by atoms with Gasteiger partial charge in [0.1, 0.15) is 5.75 Å². The van der Waals surface area contributed by atoms with Gasteiger partial charge in [0.05, 0.1) is 25.1 Å². The van der Waals surface area contributed by atoms with Crippen LogP contribution >= 0.6 is 0 Å². The highest BCUT2D eigenvalue weighted by Crippen LogP contribution is 2.25. The Morgan fingerprint density at radius 3 is 2.67 bits per heavy atom. The molecule has 6 heteroatoms. The molecule has 1 aromatic carbocycles. The first-order chi connectivity index (χ1) is 10.1. The van der Waals surface area contributed by atoms with Gasteiger partial charge in [0.2, 0.25) is 10.0 Å². The zero-order chi connectivity index (χ0) is 15.3. The van der Waals surface area contributed by atoms with Crippen LogP contribution in [0.15, 0.2) is 48.8 Å². The molecule has 21 heavy (non-hydrogen) atoms. The third-order valence-corrected chi connectivity index (χ3v) is 4.83. The lowest BCUT2D eigenvalue weighted by atomic mass is 10.2. The summed E-state index contributed by atoms with van der Waals surface area (Å²) in [7, 11) is -1.83. The van der Waals surface area contributed by atoms with Gasteiger partial charge in [-0.2, -0.15) is 0 Å². The zero-order valence-corrected chi connectivity index (χ0v) is 12.9. The second-order valence-electron chi connectivity index (χ2n) is 4.47. The Balaban J connectivity index is 2.41. The minimum Gasteiger partial charge on any atom is -0.497 e. The molecule has 0 aliphatic carbocycles. The van der Waals surface area contributed by atoms with E-state index in [1.165, 1.54) is 4.31 Å². The first-order valence-electron chi connectivity index (χ1n) is 6.60. The Morgan fingerprint density at radius 2 is 2.05 bits per heavy atom. The number of ether oxygens (including phenoxy) is 1. The van der Waals surface area contributed by atoms with Gasteiger partial charge in [0.15, 0.2) is 0 Å². The van der Waals surface area contributed by atoms with Crippen molar-refractivity contribution in [3.63, 3.8) is 0 Å². The fourth-order valence-corrected chi connectivity index (χ4v) is 3.02. The Hall–Kier alpha value is -2.08. The number of sulfonamides is 1. The van der Waals surface area contributed by atoms with Gasteiger partial charge in [-0.05, 0) is 30.7 Å². The number of hydrogen-bond acceptors (Lipinski definition) is 4. The van der Waals surface area contributed by atoms with Crippen LogP contribution in [0, 0.1) is 0 Å². The van der Waals surface area contributed by atoms with Gasteiger partial charge in [0.25, 0.3) is 0 Å². The molecular weight excluding hydrogens is 288 g/mol. The molecule has 0 aliphatic heterocycles. The number of hydrogen-bond donors (Lipinski definition) is 0. The fraction of sp³-hybridized carbons (Fsp3) is 0.267. The summed E-state index contributed by atoms with van der Waals surface area (Å²) in [6.07, 6.45) is 3.33.